The van der Waals surface area contributed by atoms with E-state index in [9.17, 15) is 8.42 Å². The van der Waals surface area contributed by atoms with Gasteiger partial charge in [0.2, 0.25) is 0 Å². The molecule has 1 aliphatic heterocycles. The number of hydrogen-bond donors (Lipinski definition) is 0. The first kappa shape index (κ1) is 12.1. The third-order valence-electron chi connectivity index (χ3n) is 3.14. The Hall–Kier alpha value is -1.33. The van der Waals surface area contributed by atoms with Crippen LogP contribution >= 0.6 is 0 Å². The third kappa shape index (κ3) is 1.75. The molecule has 0 bridgehead atoms. The van der Waals surface area contributed by atoms with E-state index in [4.69, 9.17) is 0 Å². The summed E-state index contributed by atoms with van der Waals surface area (Å²) in [6.45, 7) is 5.79. The van der Waals surface area contributed by atoms with Crippen molar-refractivity contribution in [3.8, 4) is 0 Å². The Bertz CT molecular complexity index is 539. The first-order chi connectivity index (χ1) is 8.00. The molecule has 0 fully saturated rings. The Balaban J connectivity index is 2.65. The van der Waals surface area contributed by atoms with Crippen LogP contribution in [0.1, 0.15) is 18.5 Å². The molecule has 1 heterocycles. The van der Waals surface area contributed by atoms with Crippen molar-refractivity contribution in [2.24, 2.45) is 0 Å². The lowest BCUT2D eigenvalue weighted by molar-refractivity contribution is 0.388. The average molecular weight is 252 g/mol. The minimum absolute atomic E-state index is 0.141. The fourth-order valence-corrected chi connectivity index (χ4v) is 3.59. The summed E-state index contributed by atoms with van der Waals surface area (Å²) >= 11 is 0. The Labute approximate surface area is 102 Å². The van der Waals surface area contributed by atoms with Crippen molar-refractivity contribution in [2.75, 3.05) is 17.9 Å². The molecule has 0 aromatic heterocycles. The molecule has 4 nitrogen and oxygen atoms in total. The van der Waals surface area contributed by atoms with Gasteiger partial charge in [-0.1, -0.05) is 24.3 Å². The van der Waals surface area contributed by atoms with Gasteiger partial charge in [-0.15, -0.1) is 6.58 Å². The summed E-state index contributed by atoms with van der Waals surface area (Å²) in [7, 11) is -1.83. The van der Waals surface area contributed by atoms with Crippen molar-refractivity contribution < 1.29 is 8.42 Å². The summed E-state index contributed by atoms with van der Waals surface area (Å²) in [4.78, 5) is 0. The van der Waals surface area contributed by atoms with E-state index in [-0.39, 0.29) is 12.6 Å². The van der Waals surface area contributed by atoms with Gasteiger partial charge >= 0.3 is 10.2 Å². The van der Waals surface area contributed by atoms with Crippen LogP contribution in [0.4, 0.5) is 5.69 Å². The van der Waals surface area contributed by atoms with Crippen molar-refractivity contribution in [3.63, 3.8) is 0 Å². The number of nitrogens with zero attached hydrogens (tertiary/aromatic N) is 2. The minimum Gasteiger partial charge on any atom is -0.254 e. The predicted molar refractivity (Wildman–Crippen MR) is 69.1 cm³/mol. The summed E-state index contributed by atoms with van der Waals surface area (Å²) < 4.78 is 27.3. The normalized spacial score (nSPS) is 23.2. The summed E-state index contributed by atoms with van der Waals surface area (Å²) in [6, 6.07) is 7.42. The Morgan fingerprint density at radius 3 is 2.71 bits per heavy atom. The summed E-state index contributed by atoms with van der Waals surface area (Å²) in [5.74, 6) is 0. The Morgan fingerprint density at radius 2 is 2.06 bits per heavy atom. The van der Waals surface area contributed by atoms with E-state index in [1.54, 1.807) is 13.1 Å². The Kier molecular flexibility index (Phi) is 2.97. The number of fused-ring (bicyclic) bond motifs is 1. The van der Waals surface area contributed by atoms with Gasteiger partial charge in [-0.05, 0) is 18.6 Å². The monoisotopic (exact) mass is 252 g/mol. The van der Waals surface area contributed by atoms with E-state index in [0.29, 0.717) is 0 Å². The van der Waals surface area contributed by atoms with Crippen molar-refractivity contribution >= 4 is 15.9 Å². The smallest absolute Gasteiger partial charge is 0.254 e. The zero-order valence-corrected chi connectivity index (χ0v) is 10.8. The zero-order chi connectivity index (χ0) is 12.6. The molecule has 0 saturated carbocycles. The molecule has 0 aliphatic carbocycles. The SMILES string of the molecule is C=CCN1c2ccccc2C(C)N(C)S1(=O)=O. The van der Waals surface area contributed by atoms with Crippen LogP contribution in [-0.2, 0) is 10.2 Å². The molecular formula is C12H16N2O2S. The molecule has 2 rings (SSSR count). The van der Waals surface area contributed by atoms with Gasteiger partial charge < -0.3 is 0 Å². The van der Waals surface area contributed by atoms with Gasteiger partial charge in [0.1, 0.15) is 0 Å². The molecule has 0 N–H and O–H groups in total. The molecule has 17 heavy (non-hydrogen) atoms. The van der Waals surface area contributed by atoms with Crippen LogP contribution in [0.2, 0.25) is 0 Å². The van der Waals surface area contributed by atoms with Crippen LogP contribution < -0.4 is 4.31 Å². The molecule has 5 heteroatoms. The first-order valence-corrected chi connectivity index (χ1v) is 6.85. The van der Waals surface area contributed by atoms with Crippen LogP contribution in [0.15, 0.2) is 36.9 Å². The highest BCUT2D eigenvalue weighted by Gasteiger charge is 2.37. The van der Waals surface area contributed by atoms with E-state index in [1.807, 2.05) is 31.2 Å². The predicted octanol–water partition coefficient (Wildman–Crippen LogP) is 1.93. The molecule has 92 valence electrons. The van der Waals surface area contributed by atoms with Crippen molar-refractivity contribution in [3.05, 3.63) is 42.5 Å². The minimum atomic E-state index is -3.43. The number of hydrogen-bond acceptors (Lipinski definition) is 2. The van der Waals surface area contributed by atoms with Gasteiger partial charge in [0.25, 0.3) is 0 Å². The van der Waals surface area contributed by atoms with E-state index in [2.05, 4.69) is 6.58 Å². The standard InChI is InChI=1S/C12H16N2O2S/c1-4-9-14-12-8-6-5-7-11(12)10(2)13(3)17(14,15)16/h4-8,10H,1,9H2,2-3H3. The third-order valence-corrected chi connectivity index (χ3v) is 5.09. The van der Waals surface area contributed by atoms with Gasteiger partial charge in [-0.3, -0.25) is 4.31 Å². The second-order valence-corrected chi connectivity index (χ2v) is 5.99. The van der Waals surface area contributed by atoms with Crippen molar-refractivity contribution in [1.82, 2.24) is 4.31 Å². The van der Waals surface area contributed by atoms with Gasteiger partial charge in [0.05, 0.1) is 18.3 Å². The van der Waals surface area contributed by atoms with Crippen molar-refractivity contribution in [1.29, 1.82) is 0 Å². The van der Waals surface area contributed by atoms with Crippen LogP contribution in [0, 0.1) is 0 Å². The van der Waals surface area contributed by atoms with E-state index >= 15 is 0 Å². The van der Waals surface area contributed by atoms with E-state index in [0.717, 1.165) is 11.3 Å². The van der Waals surface area contributed by atoms with Crippen LogP contribution in [0.25, 0.3) is 0 Å². The molecule has 1 atom stereocenters. The van der Waals surface area contributed by atoms with Gasteiger partial charge in [0, 0.05) is 7.05 Å². The maximum atomic E-state index is 12.3. The second kappa shape index (κ2) is 4.16. The van der Waals surface area contributed by atoms with Gasteiger partial charge in [-0.2, -0.15) is 12.7 Å². The zero-order valence-electron chi connectivity index (χ0n) is 10.00. The fourth-order valence-electron chi connectivity index (χ4n) is 2.05. The molecule has 1 aromatic carbocycles. The topological polar surface area (TPSA) is 40.6 Å². The molecule has 0 amide bonds. The molecular weight excluding hydrogens is 236 g/mol. The van der Waals surface area contributed by atoms with Gasteiger partial charge in [0.15, 0.2) is 0 Å². The Morgan fingerprint density at radius 1 is 1.41 bits per heavy atom. The number of benzene rings is 1. The van der Waals surface area contributed by atoms with E-state index in [1.165, 1.54) is 8.61 Å². The molecule has 1 aliphatic rings. The maximum absolute atomic E-state index is 12.3. The quantitative estimate of drug-likeness (QED) is 0.755. The summed E-state index contributed by atoms with van der Waals surface area (Å²) in [5, 5.41) is 0. The number of para-hydroxylation sites is 1. The lowest BCUT2D eigenvalue weighted by Crippen LogP contribution is -2.47. The first-order valence-electron chi connectivity index (χ1n) is 5.45. The lowest BCUT2D eigenvalue weighted by Gasteiger charge is -2.39. The highest BCUT2D eigenvalue weighted by Crippen LogP contribution is 2.38. The highest BCUT2D eigenvalue weighted by molar-refractivity contribution is 7.90. The number of rotatable bonds is 2. The lowest BCUT2D eigenvalue weighted by atomic mass is 10.1. The van der Waals surface area contributed by atoms with Crippen LogP contribution in [-0.4, -0.2) is 26.3 Å². The van der Waals surface area contributed by atoms with Crippen LogP contribution in [0.3, 0.4) is 0 Å². The maximum Gasteiger partial charge on any atom is 0.304 e. The molecule has 1 unspecified atom stereocenters. The summed E-state index contributed by atoms with van der Waals surface area (Å²) in [5.41, 5.74) is 1.77. The average Bonchev–Trinajstić information content (AvgIpc) is 2.32. The fraction of sp³-hybridized carbons (Fsp3) is 0.333. The highest BCUT2D eigenvalue weighted by atomic mass is 32.2. The largest absolute Gasteiger partial charge is 0.304 e. The van der Waals surface area contributed by atoms with Crippen LogP contribution in [0.5, 0.6) is 0 Å². The van der Waals surface area contributed by atoms with E-state index < -0.39 is 10.2 Å². The van der Waals surface area contributed by atoms with Crippen molar-refractivity contribution in [2.45, 2.75) is 13.0 Å². The molecule has 0 spiro atoms. The molecule has 0 saturated heterocycles. The number of anilines is 1. The summed E-state index contributed by atoms with van der Waals surface area (Å²) in [6.07, 6.45) is 1.60. The molecule has 1 aromatic rings. The second-order valence-electron chi connectivity index (χ2n) is 4.08. The molecule has 0 radical (unpaired) electrons. The van der Waals surface area contributed by atoms with Gasteiger partial charge in [-0.25, -0.2) is 0 Å².